The number of ether oxygens (including phenoxy) is 1. The van der Waals surface area contributed by atoms with E-state index in [-0.39, 0.29) is 11.7 Å². The normalized spacial score (nSPS) is 10.5. The number of nitrogens with zero attached hydrogens (tertiary/aromatic N) is 4. The molecular weight excluding hydrogens is 302 g/mol. The van der Waals surface area contributed by atoms with Crippen LogP contribution in [0.4, 0.5) is 5.69 Å². The van der Waals surface area contributed by atoms with Crippen LogP contribution >= 0.6 is 11.8 Å². The molecular formula is C14H19N5O2S. The van der Waals surface area contributed by atoms with Gasteiger partial charge in [-0.05, 0) is 41.5 Å². The number of nitrogens with one attached hydrogen (secondary N) is 1. The highest BCUT2D eigenvalue weighted by atomic mass is 32.2. The Morgan fingerprint density at radius 1 is 1.45 bits per heavy atom. The van der Waals surface area contributed by atoms with Gasteiger partial charge < -0.3 is 10.1 Å². The summed E-state index contributed by atoms with van der Waals surface area (Å²) in [5.41, 5.74) is 1.72. The number of carbonyl (C=O) groups excluding carboxylic acids is 1. The lowest BCUT2D eigenvalue weighted by molar-refractivity contribution is -0.113. The van der Waals surface area contributed by atoms with Gasteiger partial charge in [-0.2, -0.15) is 0 Å². The summed E-state index contributed by atoms with van der Waals surface area (Å²) >= 11 is 1.31. The number of aryl methyl sites for hydroxylation is 2. The summed E-state index contributed by atoms with van der Waals surface area (Å²) in [6, 6.07) is 5.64. The predicted molar refractivity (Wildman–Crippen MR) is 85.2 cm³/mol. The quantitative estimate of drug-likeness (QED) is 0.787. The highest BCUT2D eigenvalue weighted by Gasteiger charge is 2.11. The van der Waals surface area contributed by atoms with Crippen molar-refractivity contribution in [1.29, 1.82) is 0 Å². The zero-order valence-electron chi connectivity index (χ0n) is 12.9. The molecule has 0 atom stereocenters. The molecule has 1 heterocycles. The number of aromatic nitrogens is 4. The van der Waals surface area contributed by atoms with Crippen LogP contribution in [0.1, 0.15) is 18.9 Å². The van der Waals surface area contributed by atoms with Crippen LogP contribution in [0.2, 0.25) is 0 Å². The first-order chi connectivity index (χ1) is 10.6. The lowest BCUT2D eigenvalue weighted by atomic mass is 10.2. The second-order valence-electron chi connectivity index (χ2n) is 4.73. The van der Waals surface area contributed by atoms with E-state index in [4.69, 9.17) is 4.74 Å². The molecule has 2 rings (SSSR count). The monoisotopic (exact) mass is 321 g/mol. The van der Waals surface area contributed by atoms with E-state index in [0.717, 1.165) is 18.5 Å². The summed E-state index contributed by atoms with van der Waals surface area (Å²) < 4.78 is 6.94. The standard InChI is InChI=1S/C14H19N5O2S/c1-4-7-19-14(16-17-18-19)22-9-13(20)15-11-8-10(2)5-6-12(11)21-3/h5-6,8H,4,7,9H2,1-3H3,(H,15,20). The Balaban J connectivity index is 1.96. The Morgan fingerprint density at radius 3 is 3.00 bits per heavy atom. The first-order valence-electron chi connectivity index (χ1n) is 6.97. The van der Waals surface area contributed by atoms with Crippen LogP contribution in [0.25, 0.3) is 0 Å². The van der Waals surface area contributed by atoms with Crippen molar-refractivity contribution in [2.24, 2.45) is 0 Å². The Kier molecular flexibility index (Phi) is 5.76. The number of amides is 1. The molecule has 0 spiro atoms. The van der Waals surface area contributed by atoms with E-state index in [1.807, 2.05) is 32.0 Å². The minimum atomic E-state index is -0.125. The number of hydrogen-bond donors (Lipinski definition) is 1. The predicted octanol–water partition coefficient (Wildman–Crippen LogP) is 2.13. The van der Waals surface area contributed by atoms with Gasteiger partial charge in [0.2, 0.25) is 11.1 Å². The van der Waals surface area contributed by atoms with E-state index < -0.39 is 0 Å². The average molecular weight is 321 g/mol. The van der Waals surface area contributed by atoms with Crippen molar-refractivity contribution in [1.82, 2.24) is 20.2 Å². The van der Waals surface area contributed by atoms with E-state index in [2.05, 4.69) is 20.8 Å². The molecule has 0 saturated heterocycles. The van der Waals surface area contributed by atoms with Crippen molar-refractivity contribution in [3.05, 3.63) is 23.8 Å². The van der Waals surface area contributed by atoms with E-state index in [1.165, 1.54) is 11.8 Å². The van der Waals surface area contributed by atoms with Gasteiger partial charge in [0.15, 0.2) is 0 Å². The van der Waals surface area contributed by atoms with Crippen LogP contribution in [-0.4, -0.2) is 39.0 Å². The molecule has 7 nitrogen and oxygen atoms in total. The topological polar surface area (TPSA) is 81.9 Å². The fourth-order valence-corrected chi connectivity index (χ4v) is 2.59. The molecule has 118 valence electrons. The first kappa shape index (κ1) is 16.3. The van der Waals surface area contributed by atoms with Crippen molar-refractivity contribution < 1.29 is 9.53 Å². The SMILES string of the molecule is CCCn1nnnc1SCC(=O)Nc1cc(C)ccc1OC. The van der Waals surface area contributed by atoms with E-state index in [0.29, 0.717) is 16.6 Å². The van der Waals surface area contributed by atoms with Crippen LogP contribution in [0.15, 0.2) is 23.4 Å². The number of rotatable bonds is 7. The Bertz CT molecular complexity index is 644. The summed E-state index contributed by atoms with van der Waals surface area (Å²) in [4.78, 5) is 12.1. The molecule has 1 N–H and O–H groups in total. The number of carbonyl (C=O) groups is 1. The van der Waals surface area contributed by atoms with Crippen LogP contribution in [0.5, 0.6) is 5.75 Å². The zero-order chi connectivity index (χ0) is 15.9. The molecule has 1 aromatic heterocycles. The van der Waals surface area contributed by atoms with Gasteiger partial charge in [0.25, 0.3) is 0 Å². The molecule has 0 fully saturated rings. The number of methoxy groups -OCH3 is 1. The molecule has 0 saturated carbocycles. The molecule has 0 bridgehead atoms. The van der Waals surface area contributed by atoms with Crippen molar-refractivity contribution in [2.75, 3.05) is 18.2 Å². The molecule has 0 aliphatic heterocycles. The van der Waals surface area contributed by atoms with Gasteiger partial charge in [0.05, 0.1) is 18.6 Å². The second-order valence-corrected chi connectivity index (χ2v) is 5.67. The van der Waals surface area contributed by atoms with Gasteiger partial charge >= 0.3 is 0 Å². The zero-order valence-corrected chi connectivity index (χ0v) is 13.7. The number of hydrogen-bond acceptors (Lipinski definition) is 6. The maximum Gasteiger partial charge on any atom is 0.234 e. The largest absolute Gasteiger partial charge is 0.495 e. The van der Waals surface area contributed by atoms with Gasteiger partial charge in [-0.1, -0.05) is 24.8 Å². The summed E-state index contributed by atoms with van der Waals surface area (Å²) in [5.74, 6) is 0.751. The summed E-state index contributed by atoms with van der Waals surface area (Å²) in [6.45, 7) is 4.75. The van der Waals surface area contributed by atoms with Gasteiger partial charge in [-0.3, -0.25) is 4.79 Å². The third kappa shape index (κ3) is 4.20. The van der Waals surface area contributed by atoms with Gasteiger partial charge in [-0.15, -0.1) is 5.10 Å². The van der Waals surface area contributed by atoms with Gasteiger partial charge in [-0.25, -0.2) is 4.68 Å². The van der Waals surface area contributed by atoms with Crippen LogP contribution in [0, 0.1) is 6.92 Å². The number of anilines is 1. The molecule has 1 aromatic carbocycles. The Hall–Kier alpha value is -2.09. The Labute approximate surface area is 133 Å². The van der Waals surface area contributed by atoms with Crippen molar-refractivity contribution in [2.45, 2.75) is 32.0 Å². The minimum absolute atomic E-state index is 0.125. The van der Waals surface area contributed by atoms with Crippen molar-refractivity contribution in [3.63, 3.8) is 0 Å². The minimum Gasteiger partial charge on any atom is -0.495 e. The number of tetrazole rings is 1. The summed E-state index contributed by atoms with van der Waals surface area (Å²) in [6.07, 6.45) is 0.936. The maximum atomic E-state index is 12.1. The van der Waals surface area contributed by atoms with Crippen LogP contribution in [0.3, 0.4) is 0 Å². The van der Waals surface area contributed by atoms with Gasteiger partial charge in [0, 0.05) is 6.54 Å². The lowest BCUT2D eigenvalue weighted by Gasteiger charge is -2.10. The van der Waals surface area contributed by atoms with Crippen LogP contribution in [-0.2, 0) is 11.3 Å². The van der Waals surface area contributed by atoms with Crippen molar-refractivity contribution >= 4 is 23.4 Å². The highest BCUT2D eigenvalue weighted by Crippen LogP contribution is 2.25. The third-order valence-corrected chi connectivity index (χ3v) is 3.85. The maximum absolute atomic E-state index is 12.1. The fourth-order valence-electron chi connectivity index (χ4n) is 1.89. The van der Waals surface area contributed by atoms with Crippen molar-refractivity contribution in [3.8, 4) is 5.75 Å². The smallest absolute Gasteiger partial charge is 0.234 e. The second kappa shape index (κ2) is 7.79. The molecule has 0 radical (unpaired) electrons. The van der Waals surface area contributed by atoms with E-state index in [9.17, 15) is 4.79 Å². The number of benzene rings is 1. The van der Waals surface area contributed by atoms with E-state index >= 15 is 0 Å². The highest BCUT2D eigenvalue weighted by molar-refractivity contribution is 7.99. The summed E-state index contributed by atoms with van der Waals surface area (Å²) in [5, 5.41) is 14.9. The molecule has 8 heteroatoms. The number of thioether (sulfide) groups is 1. The fraction of sp³-hybridized carbons (Fsp3) is 0.429. The molecule has 0 aliphatic carbocycles. The van der Waals surface area contributed by atoms with E-state index in [1.54, 1.807) is 11.8 Å². The molecule has 2 aromatic rings. The third-order valence-electron chi connectivity index (χ3n) is 2.90. The average Bonchev–Trinajstić information content (AvgIpc) is 2.93. The Morgan fingerprint density at radius 2 is 2.27 bits per heavy atom. The summed E-state index contributed by atoms with van der Waals surface area (Å²) in [7, 11) is 1.58. The lowest BCUT2D eigenvalue weighted by Crippen LogP contribution is -2.15. The molecule has 1 amide bonds. The van der Waals surface area contributed by atoms with Gasteiger partial charge in [0.1, 0.15) is 5.75 Å². The first-order valence-corrected chi connectivity index (χ1v) is 7.96. The van der Waals surface area contributed by atoms with Crippen LogP contribution < -0.4 is 10.1 Å². The molecule has 0 unspecified atom stereocenters. The molecule has 22 heavy (non-hydrogen) atoms. The molecule has 0 aliphatic rings.